The maximum absolute atomic E-state index is 11.0. The SMILES string of the molecule is CCCn1ncc(Br)c1C(C)(O)C1CCCCC1. The number of halogens is 1. The molecule has 0 saturated heterocycles. The van der Waals surface area contributed by atoms with E-state index in [2.05, 4.69) is 28.0 Å². The fourth-order valence-corrected chi connectivity index (χ4v) is 3.80. The van der Waals surface area contributed by atoms with Crippen LogP contribution in [-0.2, 0) is 12.1 Å². The summed E-state index contributed by atoms with van der Waals surface area (Å²) >= 11 is 3.55. The van der Waals surface area contributed by atoms with E-state index in [-0.39, 0.29) is 0 Å². The number of rotatable bonds is 4. The Balaban J connectivity index is 2.29. The quantitative estimate of drug-likeness (QED) is 0.916. The van der Waals surface area contributed by atoms with E-state index in [4.69, 9.17) is 0 Å². The predicted octanol–water partition coefficient (Wildman–Crippen LogP) is 3.84. The fraction of sp³-hybridized carbons (Fsp3) is 0.786. The van der Waals surface area contributed by atoms with Gasteiger partial charge in [0, 0.05) is 6.54 Å². The third kappa shape index (κ3) is 2.64. The maximum Gasteiger partial charge on any atom is 0.107 e. The van der Waals surface area contributed by atoms with Gasteiger partial charge in [-0.3, -0.25) is 4.68 Å². The molecule has 1 heterocycles. The van der Waals surface area contributed by atoms with Gasteiger partial charge in [0.05, 0.1) is 16.4 Å². The van der Waals surface area contributed by atoms with Gasteiger partial charge in [0.15, 0.2) is 0 Å². The molecule has 2 rings (SSSR count). The summed E-state index contributed by atoms with van der Waals surface area (Å²) < 4.78 is 2.89. The molecule has 4 heteroatoms. The molecule has 3 nitrogen and oxygen atoms in total. The van der Waals surface area contributed by atoms with E-state index in [9.17, 15) is 5.11 Å². The van der Waals surface area contributed by atoms with Crippen LogP contribution in [-0.4, -0.2) is 14.9 Å². The zero-order valence-electron chi connectivity index (χ0n) is 11.3. The molecule has 1 N–H and O–H groups in total. The Kier molecular flexibility index (Phi) is 4.49. The number of hydrogen-bond donors (Lipinski definition) is 1. The topological polar surface area (TPSA) is 38.0 Å². The highest BCUT2D eigenvalue weighted by Gasteiger charge is 2.38. The molecule has 1 aliphatic carbocycles. The van der Waals surface area contributed by atoms with E-state index in [0.717, 1.165) is 36.0 Å². The first kappa shape index (κ1) is 14.1. The normalized spacial score (nSPS) is 20.9. The van der Waals surface area contributed by atoms with E-state index in [1.54, 1.807) is 0 Å². The number of hydrogen-bond acceptors (Lipinski definition) is 2. The summed E-state index contributed by atoms with van der Waals surface area (Å²) in [6, 6.07) is 0. The lowest BCUT2D eigenvalue weighted by Gasteiger charge is -2.36. The largest absolute Gasteiger partial charge is 0.384 e. The molecule has 1 fully saturated rings. The van der Waals surface area contributed by atoms with Gasteiger partial charge in [0.1, 0.15) is 5.60 Å². The number of aliphatic hydroxyl groups is 1. The molecule has 1 aliphatic rings. The standard InChI is InChI=1S/C14H23BrN2O/c1-3-9-17-13(12(15)10-16-17)14(2,18)11-7-5-4-6-8-11/h10-11,18H,3-9H2,1-2H3. The summed E-state index contributed by atoms with van der Waals surface area (Å²) in [5, 5.41) is 15.4. The monoisotopic (exact) mass is 314 g/mol. The van der Waals surface area contributed by atoms with Crippen molar-refractivity contribution in [3.63, 3.8) is 0 Å². The van der Waals surface area contributed by atoms with Crippen molar-refractivity contribution in [3.8, 4) is 0 Å². The van der Waals surface area contributed by atoms with Crippen LogP contribution in [0.4, 0.5) is 0 Å². The van der Waals surface area contributed by atoms with Crippen LogP contribution < -0.4 is 0 Å². The second-order valence-corrected chi connectivity index (χ2v) is 6.40. The van der Waals surface area contributed by atoms with Gasteiger partial charge < -0.3 is 5.11 Å². The molecule has 0 bridgehead atoms. The molecule has 1 atom stereocenters. The van der Waals surface area contributed by atoms with Gasteiger partial charge in [-0.05, 0) is 48.0 Å². The molecule has 0 amide bonds. The first-order valence-corrected chi connectivity index (χ1v) is 7.80. The zero-order valence-corrected chi connectivity index (χ0v) is 12.9. The van der Waals surface area contributed by atoms with Crippen molar-refractivity contribution in [2.24, 2.45) is 5.92 Å². The average Bonchev–Trinajstić information content (AvgIpc) is 2.73. The minimum Gasteiger partial charge on any atom is -0.384 e. The van der Waals surface area contributed by atoms with Crippen LogP contribution >= 0.6 is 15.9 Å². The molecule has 0 aromatic carbocycles. The Bertz CT molecular complexity index is 394. The van der Waals surface area contributed by atoms with Crippen LogP contribution in [0.1, 0.15) is 58.1 Å². The molecular weight excluding hydrogens is 292 g/mol. The molecule has 0 radical (unpaired) electrons. The molecule has 102 valence electrons. The third-order valence-electron chi connectivity index (χ3n) is 4.11. The smallest absolute Gasteiger partial charge is 0.107 e. The van der Waals surface area contributed by atoms with Gasteiger partial charge in [-0.1, -0.05) is 26.2 Å². The number of nitrogens with zero attached hydrogens (tertiary/aromatic N) is 2. The van der Waals surface area contributed by atoms with Crippen molar-refractivity contribution in [1.29, 1.82) is 0 Å². The molecule has 1 saturated carbocycles. The van der Waals surface area contributed by atoms with Gasteiger partial charge in [-0.15, -0.1) is 0 Å². The maximum atomic E-state index is 11.0. The molecule has 1 aromatic heterocycles. The Morgan fingerprint density at radius 3 is 2.72 bits per heavy atom. The molecule has 0 aliphatic heterocycles. The summed E-state index contributed by atoms with van der Waals surface area (Å²) in [5.41, 5.74) is 0.182. The first-order valence-electron chi connectivity index (χ1n) is 7.01. The van der Waals surface area contributed by atoms with Crippen LogP contribution in [0.25, 0.3) is 0 Å². The second-order valence-electron chi connectivity index (χ2n) is 5.55. The zero-order chi connectivity index (χ0) is 13.2. The Hall–Kier alpha value is -0.350. The summed E-state index contributed by atoms with van der Waals surface area (Å²) in [7, 11) is 0. The van der Waals surface area contributed by atoms with E-state index in [0.29, 0.717) is 5.92 Å². The predicted molar refractivity (Wildman–Crippen MR) is 76.4 cm³/mol. The molecule has 0 spiro atoms. The van der Waals surface area contributed by atoms with Crippen LogP contribution in [0.2, 0.25) is 0 Å². The highest BCUT2D eigenvalue weighted by molar-refractivity contribution is 9.10. The molecular formula is C14H23BrN2O. The number of aryl methyl sites for hydroxylation is 1. The molecule has 1 aromatic rings. The highest BCUT2D eigenvalue weighted by atomic mass is 79.9. The van der Waals surface area contributed by atoms with Crippen LogP contribution in [0.3, 0.4) is 0 Å². The first-order chi connectivity index (χ1) is 8.57. The lowest BCUT2D eigenvalue weighted by Crippen LogP contribution is -2.36. The van der Waals surface area contributed by atoms with E-state index in [1.165, 1.54) is 19.3 Å². The van der Waals surface area contributed by atoms with Gasteiger partial charge in [-0.25, -0.2) is 0 Å². The highest BCUT2D eigenvalue weighted by Crippen LogP contribution is 2.41. The lowest BCUT2D eigenvalue weighted by molar-refractivity contribution is -0.0296. The van der Waals surface area contributed by atoms with Crippen molar-refractivity contribution < 1.29 is 5.11 Å². The average molecular weight is 315 g/mol. The summed E-state index contributed by atoms with van der Waals surface area (Å²) in [6.45, 7) is 4.95. The van der Waals surface area contributed by atoms with Gasteiger partial charge in [0.25, 0.3) is 0 Å². The van der Waals surface area contributed by atoms with Gasteiger partial charge in [-0.2, -0.15) is 5.10 Å². The Morgan fingerprint density at radius 1 is 1.44 bits per heavy atom. The van der Waals surface area contributed by atoms with E-state index >= 15 is 0 Å². The minimum absolute atomic E-state index is 0.356. The van der Waals surface area contributed by atoms with E-state index < -0.39 is 5.60 Å². The summed E-state index contributed by atoms with van der Waals surface area (Å²) in [5.74, 6) is 0.356. The Labute approximate surface area is 118 Å². The minimum atomic E-state index is -0.773. The van der Waals surface area contributed by atoms with Crippen molar-refractivity contribution in [3.05, 3.63) is 16.4 Å². The molecule has 1 unspecified atom stereocenters. The van der Waals surface area contributed by atoms with Crippen molar-refractivity contribution in [2.75, 3.05) is 0 Å². The van der Waals surface area contributed by atoms with Crippen molar-refractivity contribution in [2.45, 2.75) is 64.5 Å². The Morgan fingerprint density at radius 2 is 2.11 bits per heavy atom. The van der Waals surface area contributed by atoms with Gasteiger partial charge in [0.2, 0.25) is 0 Å². The van der Waals surface area contributed by atoms with Crippen LogP contribution in [0.15, 0.2) is 10.7 Å². The van der Waals surface area contributed by atoms with Crippen LogP contribution in [0.5, 0.6) is 0 Å². The van der Waals surface area contributed by atoms with Crippen molar-refractivity contribution >= 4 is 15.9 Å². The second kappa shape index (κ2) is 5.74. The van der Waals surface area contributed by atoms with Gasteiger partial charge >= 0.3 is 0 Å². The fourth-order valence-electron chi connectivity index (χ4n) is 3.10. The summed E-state index contributed by atoms with van der Waals surface area (Å²) in [6.07, 6.45) is 8.86. The summed E-state index contributed by atoms with van der Waals surface area (Å²) in [4.78, 5) is 0. The van der Waals surface area contributed by atoms with E-state index in [1.807, 2.05) is 17.8 Å². The van der Waals surface area contributed by atoms with Crippen LogP contribution in [0, 0.1) is 5.92 Å². The molecule has 18 heavy (non-hydrogen) atoms. The van der Waals surface area contributed by atoms with Crippen molar-refractivity contribution in [1.82, 2.24) is 9.78 Å². The third-order valence-corrected chi connectivity index (χ3v) is 4.69. The lowest BCUT2D eigenvalue weighted by atomic mass is 9.76. The number of aromatic nitrogens is 2.